The monoisotopic (exact) mass is 370 g/mol. The van der Waals surface area contributed by atoms with E-state index in [0.717, 1.165) is 4.21 Å². The van der Waals surface area contributed by atoms with Crippen LogP contribution in [0.5, 0.6) is 0 Å². The molecule has 0 aliphatic carbocycles. The molecule has 1 heterocycles. The second kappa shape index (κ2) is 6.85. The smallest absolute Gasteiger partial charge is 0.319 e. The zero-order chi connectivity index (χ0) is 18.2. The topological polar surface area (TPSA) is 37.3 Å². The summed E-state index contributed by atoms with van der Waals surface area (Å²) in [4.78, 5) is 12.5. The Labute approximate surface area is 156 Å². The number of fused-ring (bicyclic) bond motifs is 1. The van der Waals surface area contributed by atoms with Crippen molar-refractivity contribution < 1.29 is 9.90 Å². The number of aliphatic carboxylic acids is 1. The van der Waals surface area contributed by atoms with E-state index in [2.05, 4.69) is 56.3 Å². The van der Waals surface area contributed by atoms with Crippen molar-refractivity contribution >= 4 is 39.8 Å². The van der Waals surface area contributed by atoms with E-state index >= 15 is 0 Å². The molecule has 1 N–H and O–H groups in total. The highest BCUT2D eigenvalue weighted by molar-refractivity contribution is 8.03. The lowest BCUT2D eigenvalue weighted by Gasteiger charge is -2.16. The standard InChI is InChI=1S/C21H22O2S2/c1-13(2)14-9-10-17(16-8-6-5-7-15(14)16)18-11-12-19(24-18)25-21(3,4)20(22)23/h5-13H,1-4H3,(H,22,23). The molecule has 0 aliphatic rings. The highest BCUT2D eigenvalue weighted by Crippen LogP contribution is 2.42. The van der Waals surface area contributed by atoms with Gasteiger partial charge >= 0.3 is 5.97 Å². The minimum Gasteiger partial charge on any atom is -0.480 e. The van der Waals surface area contributed by atoms with Crippen molar-refractivity contribution in [2.45, 2.75) is 42.6 Å². The van der Waals surface area contributed by atoms with Gasteiger partial charge in [-0.2, -0.15) is 0 Å². The zero-order valence-electron chi connectivity index (χ0n) is 14.9. The molecular formula is C21H22O2S2. The molecule has 3 rings (SSSR count). The Bertz CT molecular complexity index is 923. The Morgan fingerprint density at radius 1 is 1.04 bits per heavy atom. The van der Waals surface area contributed by atoms with Gasteiger partial charge in [-0.05, 0) is 53.8 Å². The number of hydrogen-bond acceptors (Lipinski definition) is 3. The van der Waals surface area contributed by atoms with Crippen LogP contribution in [0, 0.1) is 0 Å². The lowest BCUT2D eigenvalue weighted by atomic mass is 9.93. The number of carboxylic acid groups (broad SMARTS) is 1. The van der Waals surface area contributed by atoms with Gasteiger partial charge in [-0.15, -0.1) is 11.3 Å². The molecule has 0 aliphatic heterocycles. The van der Waals surface area contributed by atoms with Crippen molar-refractivity contribution in [3.8, 4) is 10.4 Å². The van der Waals surface area contributed by atoms with Crippen LogP contribution < -0.4 is 0 Å². The number of benzene rings is 2. The van der Waals surface area contributed by atoms with Gasteiger partial charge in [0.2, 0.25) is 0 Å². The van der Waals surface area contributed by atoms with Gasteiger partial charge in [0.15, 0.2) is 0 Å². The predicted molar refractivity (Wildman–Crippen MR) is 109 cm³/mol. The van der Waals surface area contributed by atoms with Crippen LogP contribution in [0.25, 0.3) is 21.2 Å². The Morgan fingerprint density at radius 2 is 1.72 bits per heavy atom. The summed E-state index contributed by atoms with van der Waals surface area (Å²) in [5.74, 6) is -0.316. The molecule has 1 aromatic heterocycles. The van der Waals surface area contributed by atoms with Gasteiger partial charge in [0.1, 0.15) is 4.75 Å². The van der Waals surface area contributed by atoms with Crippen LogP contribution in [0.15, 0.2) is 52.7 Å². The van der Waals surface area contributed by atoms with Crippen LogP contribution >= 0.6 is 23.1 Å². The summed E-state index contributed by atoms with van der Waals surface area (Å²) in [7, 11) is 0. The first-order chi connectivity index (χ1) is 11.8. The summed E-state index contributed by atoms with van der Waals surface area (Å²) >= 11 is 3.06. The first-order valence-corrected chi connectivity index (χ1v) is 9.97. The maximum Gasteiger partial charge on any atom is 0.319 e. The molecule has 0 fully saturated rings. The molecule has 0 bridgehead atoms. The van der Waals surface area contributed by atoms with Crippen molar-refractivity contribution in [3.05, 3.63) is 54.1 Å². The molecule has 2 nitrogen and oxygen atoms in total. The summed E-state index contributed by atoms with van der Waals surface area (Å²) in [5.41, 5.74) is 2.57. The predicted octanol–water partition coefficient (Wildman–Crippen LogP) is 6.65. The molecule has 3 aromatic rings. The van der Waals surface area contributed by atoms with Crippen LogP contribution in [0.2, 0.25) is 0 Å². The van der Waals surface area contributed by atoms with Gasteiger partial charge in [-0.25, -0.2) is 0 Å². The van der Waals surface area contributed by atoms with Crippen LogP contribution in [-0.2, 0) is 4.79 Å². The Kier molecular flexibility index (Phi) is 4.94. The van der Waals surface area contributed by atoms with Gasteiger partial charge < -0.3 is 5.11 Å². The molecule has 4 heteroatoms. The lowest BCUT2D eigenvalue weighted by Crippen LogP contribution is -2.26. The summed E-state index contributed by atoms with van der Waals surface area (Å²) < 4.78 is 0.200. The minimum atomic E-state index is -0.828. The third-order valence-electron chi connectivity index (χ3n) is 4.30. The van der Waals surface area contributed by atoms with Crippen molar-refractivity contribution in [1.82, 2.24) is 0 Å². The third kappa shape index (κ3) is 3.60. The summed E-state index contributed by atoms with van der Waals surface area (Å²) in [6, 6.07) is 17.1. The molecule has 2 aromatic carbocycles. The number of carbonyl (C=O) groups is 1. The molecule has 0 radical (unpaired) electrons. The normalized spacial score (nSPS) is 12.0. The SMILES string of the molecule is CC(C)c1ccc(-c2ccc(SC(C)(C)C(=O)O)s2)c2ccccc12. The lowest BCUT2D eigenvalue weighted by molar-refractivity contribution is -0.138. The first kappa shape index (κ1) is 18.0. The third-order valence-corrected chi connectivity index (χ3v) is 6.73. The Morgan fingerprint density at radius 3 is 2.36 bits per heavy atom. The summed E-state index contributed by atoms with van der Waals surface area (Å²) in [6.45, 7) is 7.92. The van der Waals surface area contributed by atoms with E-state index in [4.69, 9.17) is 0 Å². The fraction of sp³-hybridized carbons (Fsp3) is 0.286. The molecule has 0 amide bonds. The molecular weight excluding hydrogens is 348 g/mol. The fourth-order valence-corrected chi connectivity index (χ4v) is 5.42. The average molecular weight is 371 g/mol. The molecule has 0 atom stereocenters. The molecule has 0 saturated heterocycles. The second-order valence-electron chi connectivity index (χ2n) is 6.94. The van der Waals surface area contributed by atoms with Crippen LogP contribution in [-0.4, -0.2) is 15.8 Å². The minimum absolute atomic E-state index is 0.477. The summed E-state index contributed by atoms with van der Waals surface area (Å²) in [6.07, 6.45) is 0. The Balaban J connectivity index is 2.04. The maximum atomic E-state index is 11.4. The highest BCUT2D eigenvalue weighted by atomic mass is 32.2. The molecule has 0 saturated carbocycles. The largest absolute Gasteiger partial charge is 0.480 e. The highest BCUT2D eigenvalue weighted by Gasteiger charge is 2.29. The molecule has 25 heavy (non-hydrogen) atoms. The second-order valence-corrected chi connectivity index (χ2v) is 9.95. The molecule has 0 unspecified atom stereocenters. The van der Waals surface area contributed by atoms with Crippen molar-refractivity contribution in [1.29, 1.82) is 0 Å². The van der Waals surface area contributed by atoms with E-state index in [1.807, 2.05) is 6.07 Å². The van der Waals surface area contributed by atoms with E-state index in [0.29, 0.717) is 5.92 Å². The van der Waals surface area contributed by atoms with Crippen molar-refractivity contribution in [2.75, 3.05) is 0 Å². The Hall–Kier alpha value is -1.78. The number of thioether (sulfide) groups is 1. The van der Waals surface area contributed by atoms with Crippen molar-refractivity contribution in [3.63, 3.8) is 0 Å². The van der Waals surface area contributed by atoms with E-state index in [-0.39, 0.29) is 0 Å². The quantitative estimate of drug-likeness (QED) is 0.511. The van der Waals surface area contributed by atoms with Crippen molar-refractivity contribution in [2.24, 2.45) is 0 Å². The van der Waals surface area contributed by atoms with Gasteiger partial charge in [0, 0.05) is 4.88 Å². The molecule has 0 spiro atoms. The van der Waals surface area contributed by atoms with Crippen LogP contribution in [0.1, 0.15) is 39.2 Å². The first-order valence-electron chi connectivity index (χ1n) is 8.34. The van der Waals surface area contributed by atoms with E-state index in [1.54, 1.807) is 25.2 Å². The van der Waals surface area contributed by atoms with Gasteiger partial charge in [0.05, 0.1) is 4.21 Å². The van der Waals surface area contributed by atoms with Gasteiger partial charge in [-0.1, -0.05) is 62.0 Å². The van der Waals surface area contributed by atoms with E-state index in [1.165, 1.54) is 38.5 Å². The molecule has 130 valence electrons. The van der Waals surface area contributed by atoms with Gasteiger partial charge in [-0.3, -0.25) is 4.79 Å². The van der Waals surface area contributed by atoms with E-state index < -0.39 is 10.7 Å². The summed E-state index contributed by atoms with van der Waals surface area (Å²) in [5, 5.41) is 11.9. The number of thiophene rings is 1. The fourth-order valence-electron chi connectivity index (χ4n) is 2.86. The number of rotatable bonds is 5. The van der Waals surface area contributed by atoms with Crippen LogP contribution in [0.3, 0.4) is 0 Å². The van der Waals surface area contributed by atoms with Crippen LogP contribution in [0.4, 0.5) is 0 Å². The number of carboxylic acids is 1. The average Bonchev–Trinajstić information content (AvgIpc) is 3.01. The van der Waals surface area contributed by atoms with E-state index in [9.17, 15) is 9.90 Å². The van der Waals surface area contributed by atoms with Gasteiger partial charge in [0.25, 0.3) is 0 Å². The zero-order valence-corrected chi connectivity index (χ0v) is 16.5. The number of hydrogen-bond donors (Lipinski definition) is 1. The maximum absolute atomic E-state index is 11.4.